The van der Waals surface area contributed by atoms with E-state index in [0.29, 0.717) is 12.8 Å². The first-order valence-electron chi connectivity index (χ1n) is 29.2. The lowest BCUT2D eigenvalue weighted by atomic mass is 9.99. The Balaban J connectivity index is 2.76. The van der Waals surface area contributed by atoms with Gasteiger partial charge in [0.2, 0.25) is 5.91 Å². The standard InChI is InChI=1S/C63H105NO10/c1-4-7-10-13-16-19-22-25-26-27-28-29-30-33-36-39-42-45-48-51-58(68)74-61-60(70)59(69)57(52-65)73-63(61)72-53-54(55(66)49-46-43-40-37-34-31-23-20-17-14-11-8-5-2)64-62(71)56(67)50-47-44-41-38-35-32-24-21-18-15-12-9-6-3/h7,9-10,12,16,18-19,21,25-26,28-29,32-33,35-36,46,49,54-57,59-61,63,65-67,69-70H,4-6,8,11,13-15,17,20,22-24,27,30-31,34,37-45,47-48,50-53H2,1-3H3,(H,64,71)/b10-7-,12-9+,19-16-,21-18+,26-25-,29-28-,35-32+,36-33-,49-46+. The molecular formula is C63H105NO10. The average Bonchev–Trinajstić information content (AvgIpc) is 3.40. The lowest BCUT2D eigenvalue weighted by Crippen LogP contribution is -2.61. The number of hydrogen-bond donors (Lipinski definition) is 6. The molecule has 1 fully saturated rings. The van der Waals surface area contributed by atoms with Gasteiger partial charge in [0.1, 0.15) is 24.4 Å². The molecule has 11 heteroatoms. The monoisotopic (exact) mass is 1040 g/mol. The summed E-state index contributed by atoms with van der Waals surface area (Å²) in [6.07, 6.45) is 57.0. The third kappa shape index (κ3) is 38.0. The molecule has 8 atom stereocenters. The molecule has 0 spiro atoms. The fourth-order valence-corrected chi connectivity index (χ4v) is 8.34. The number of amides is 1. The molecule has 0 saturated carbocycles. The van der Waals surface area contributed by atoms with E-state index in [9.17, 15) is 35.1 Å². The van der Waals surface area contributed by atoms with E-state index in [1.807, 2.05) is 6.08 Å². The molecule has 6 N–H and O–H groups in total. The normalized spacial score (nSPS) is 20.1. The Kier molecular flexibility index (Phi) is 46.3. The van der Waals surface area contributed by atoms with Crippen molar-refractivity contribution in [3.63, 3.8) is 0 Å². The van der Waals surface area contributed by atoms with Gasteiger partial charge in [-0.25, -0.2) is 0 Å². The quantitative estimate of drug-likeness (QED) is 0.0196. The summed E-state index contributed by atoms with van der Waals surface area (Å²) in [6.45, 7) is 5.50. The molecular weight excluding hydrogens is 931 g/mol. The van der Waals surface area contributed by atoms with Gasteiger partial charge < -0.3 is 45.1 Å². The number of esters is 1. The van der Waals surface area contributed by atoms with Crippen molar-refractivity contribution in [1.29, 1.82) is 0 Å². The van der Waals surface area contributed by atoms with E-state index in [4.69, 9.17) is 14.2 Å². The first-order valence-corrected chi connectivity index (χ1v) is 29.2. The van der Waals surface area contributed by atoms with Crippen LogP contribution >= 0.6 is 0 Å². The number of hydrogen-bond acceptors (Lipinski definition) is 10. The van der Waals surface area contributed by atoms with Crippen molar-refractivity contribution >= 4 is 11.9 Å². The fourth-order valence-electron chi connectivity index (χ4n) is 8.34. The highest BCUT2D eigenvalue weighted by Crippen LogP contribution is 2.26. The van der Waals surface area contributed by atoms with Gasteiger partial charge >= 0.3 is 5.97 Å². The highest BCUT2D eigenvalue weighted by atomic mass is 16.7. The van der Waals surface area contributed by atoms with Gasteiger partial charge in [0.05, 0.1) is 25.4 Å². The second-order valence-electron chi connectivity index (χ2n) is 19.6. The van der Waals surface area contributed by atoms with E-state index in [1.165, 1.54) is 51.4 Å². The summed E-state index contributed by atoms with van der Waals surface area (Å²) >= 11 is 0. The van der Waals surface area contributed by atoms with Crippen molar-refractivity contribution in [3.05, 3.63) is 109 Å². The molecule has 1 aliphatic heterocycles. The van der Waals surface area contributed by atoms with Crippen molar-refractivity contribution in [2.75, 3.05) is 13.2 Å². The molecule has 1 rings (SSSR count). The smallest absolute Gasteiger partial charge is 0.306 e. The van der Waals surface area contributed by atoms with Crippen molar-refractivity contribution in [1.82, 2.24) is 5.32 Å². The molecule has 0 aromatic carbocycles. The molecule has 11 nitrogen and oxygen atoms in total. The van der Waals surface area contributed by atoms with Crippen LogP contribution < -0.4 is 5.32 Å². The minimum atomic E-state index is -1.64. The van der Waals surface area contributed by atoms with Crippen molar-refractivity contribution in [3.8, 4) is 0 Å². The summed E-state index contributed by atoms with van der Waals surface area (Å²) in [5.41, 5.74) is 0. The summed E-state index contributed by atoms with van der Waals surface area (Å²) < 4.78 is 17.5. The predicted molar refractivity (Wildman–Crippen MR) is 305 cm³/mol. The van der Waals surface area contributed by atoms with Crippen LogP contribution in [0.4, 0.5) is 0 Å². The Bertz CT molecular complexity index is 1610. The first kappa shape index (κ1) is 68.3. The number of ether oxygens (including phenoxy) is 3. The number of unbranched alkanes of at least 4 members (excludes halogenated alkanes) is 17. The minimum absolute atomic E-state index is 0.0755. The summed E-state index contributed by atoms with van der Waals surface area (Å²) in [5.74, 6) is -1.26. The number of aliphatic hydroxyl groups is 5. The summed E-state index contributed by atoms with van der Waals surface area (Å²) in [7, 11) is 0. The Hall–Kier alpha value is -3.68. The lowest BCUT2D eigenvalue weighted by molar-refractivity contribution is -0.305. The van der Waals surface area contributed by atoms with Crippen LogP contribution in [0.2, 0.25) is 0 Å². The SMILES string of the molecule is CC/C=C\C/C=C\C/C=C\C/C=C\C/C=C\CCCCCC(=O)OC1C(OCC(NC(=O)C(O)CCCCC/C=C/C/C=C/C/C=C/CC)C(O)/C=C/CCCCCCCCCCCCC)OC(CO)C(O)C1O. The molecule has 1 aliphatic rings. The predicted octanol–water partition coefficient (Wildman–Crippen LogP) is 13.3. The van der Waals surface area contributed by atoms with Crippen LogP contribution in [0.25, 0.3) is 0 Å². The maximum Gasteiger partial charge on any atom is 0.306 e. The van der Waals surface area contributed by atoms with Crippen LogP contribution in [0, 0.1) is 0 Å². The first-order chi connectivity index (χ1) is 36.2. The molecule has 422 valence electrons. The average molecular weight is 1040 g/mol. The second kappa shape index (κ2) is 50.2. The molecule has 0 aliphatic carbocycles. The van der Waals surface area contributed by atoms with E-state index in [-0.39, 0.29) is 19.4 Å². The molecule has 0 radical (unpaired) electrons. The molecule has 8 unspecified atom stereocenters. The van der Waals surface area contributed by atoms with Crippen LogP contribution in [-0.4, -0.2) is 99.6 Å². The van der Waals surface area contributed by atoms with Crippen LogP contribution in [-0.2, 0) is 23.8 Å². The number of carbonyl (C=O) groups excluding carboxylic acids is 2. The maximum absolute atomic E-state index is 13.4. The minimum Gasteiger partial charge on any atom is -0.454 e. The van der Waals surface area contributed by atoms with Crippen LogP contribution in [0.5, 0.6) is 0 Å². The molecule has 1 amide bonds. The molecule has 0 bridgehead atoms. The second-order valence-corrected chi connectivity index (χ2v) is 19.6. The molecule has 0 aromatic heterocycles. The highest BCUT2D eigenvalue weighted by molar-refractivity contribution is 5.80. The molecule has 1 saturated heterocycles. The van der Waals surface area contributed by atoms with Crippen LogP contribution in [0.15, 0.2) is 109 Å². The Morgan fingerprint density at radius 3 is 1.46 bits per heavy atom. The summed E-state index contributed by atoms with van der Waals surface area (Å²) in [5, 5.41) is 56.8. The zero-order valence-electron chi connectivity index (χ0n) is 46.4. The van der Waals surface area contributed by atoms with E-state index in [1.54, 1.807) is 6.08 Å². The molecule has 0 aromatic rings. The molecule has 1 heterocycles. The van der Waals surface area contributed by atoms with Crippen LogP contribution in [0.3, 0.4) is 0 Å². The van der Waals surface area contributed by atoms with Gasteiger partial charge in [-0.15, -0.1) is 0 Å². The Morgan fingerprint density at radius 1 is 0.541 bits per heavy atom. The Morgan fingerprint density at radius 2 is 0.973 bits per heavy atom. The van der Waals surface area contributed by atoms with Gasteiger partial charge in [0.25, 0.3) is 0 Å². The topological polar surface area (TPSA) is 175 Å². The number of rotatable bonds is 47. The van der Waals surface area contributed by atoms with Gasteiger partial charge in [-0.2, -0.15) is 0 Å². The summed E-state index contributed by atoms with van der Waals surface area (Å²) in [6, 6.07) is -1.05. The zero-order valence-corrected chi connectivity index (χ0v) is 46.4. The van der Waals surface area contributed by atoms with Crippen molar-refractivity contribution in [2.45, 2.75) is 262 Å². The number of carbonyl (C=O) groups is 2. The summed E-state index contributed by atoms with van der Waals surface area (Å²) in [4.78, 5) is 26.5. The fraction of sp³-hybridized carbons (Fsp3) is 0.683. The Labute approximate surface area is 449 Å². The van der Waals surface area contributed by atoms with Gasteiger partial charge in [0, 0.05) is 6.42 Å². The van der Waals surface area contributed by atoms with Gasteiger partial charge in [-0.1, -0.05) is 214 Å². The third-order valence-electron chi connectivity index (χ3n) is 12.9. The van der Waals surface area contributed by atoms with E-state index < -0.39 is 67.4 Å². The largest absolute Gasteiger partial charge is 0.454 e. The van der Waals surface area contributed by atoms with Crippen molar-refractivity contribution < 1.29 is 49.3 Å². The van der Waals surface area contributed by atoms with E-state index in [2.05, 4.69) is 123 Å². The third-order valence-corrected chi connectivity index (χ3v) is 12.9. The number of allylic oxidation sites excluding steroid dienone is 17. The molecule has 74 heavy (non-hydrogen) atoms. The zero-order chi connectivity index (χ0) is 54.0. The van der Waals surface area contributed by atoms with Crippen molar-refractivity contribution in [2.24, 2.45) is 0 Å². The van der Waals surface area contributed by atoms with Crippen LogP contribution in [0.1, 0.15) is 213 Å². The number of nitrogens with one attached hydrogen (secondary N) is 1. The van der Waals surface area contributed by atoms with Gasteiger partial charge in [0.15, 0.2) is 12.4 Å². The maximum atomic E-state index is 13.4. The van der Waals surface area contributed by atoms with Gasteiger partial charge in [-0.3, -0.25) is 9.59 Å². The number of aliphatic hydroxyl groups excluding tert-OH is 5. The lowest BCUT2D eigenvalue weighted by Gasteiger charge is -2.41. The van der Waals surface area contributed by atoms with E-state index in [0.717, 1.165) is 116 Å². The highest BCUT2D eigenvalue weighted by Gasteiger charge is 2.47. The van der Waals surface area contributed by atoms with Gasteiger partial charge in [-0.05, 0) is 103 Å². The van der Waals surface area contributed by atoms with E-state index >= 15 is 0 Å².